The van der Waals surface area contributed by atoms with Gasteiger partial charge in [-0.15, -0.1) is 0 Å². The van der Waals surface area contributed by atoms with Gasteiger partial charge < -0.3 is 10.2 Å². The molecule has 0 saturated heterocycles. The lowest BCUT2D eigenvalue weighted by Gasteiger charge is -2.13. The molecule has 0 atom stereocenters. The van der Waals surface area contributed by atoms with Gasteiger partial charge in [0, 0.05) is 10.8 Å². The van der Waals surface area contributed by atoms with Crippen LogP contribution in [0.2, 0.25) is 0 Å². The first-order valence-electron chi connectivity index (χ1n) is 6.28. The van der Waals surface area contributed by atoms with Gasteiger partial charge in [0.2, 0.25) is 0 Å². The Bertz CT molecular complexity index is 909. The summed E-state index contributed by atoms with van der Waals surface area (Å²) in [4.78, 5) is 0. The molecule has 4 aromatic carbocycles. The summed E-state index contributed by atoms with van der Waals surface area (Å²) < 4.78 is 0. The molecule has 0 aliphatic carbocycles. The van der Waals surface area contributed by atoms with Crippen LogP contribution in [0.15, 0.2) is 48.5 Å². The summed E-state index contributed by atoms with van der Waals surface area (Å²) in [5, 5.41) is 25.9. The fourth-order valence-corrected chi connectivity index (χ4v) is 2.98. The zero-order chi connectivity index (χ0) is 13.0. The third kappa shape index (κ3) is 1.35. The van der Waals surface area contributed by atoms with Gasteiger partial charge in [-0.2, -0.15) is 0 Å². The van der Waals surface area contributed by atoms with E-state index in [9.17, 15) is 10.2 Å². The molecule has 4 aromatic rings. The maximum absolute atomic E-state index is 10.2. The van der Waals surface area contributed by atoms with Gasteiger partial charge in [0.1, 0.15) is 5.75 Å². The van der Waals surface area contributed by atoms with E-state index < -0.39 is 0 Å². The Morgan fingerprint density at radius 3 is 2.42 bits per heavy atom. The van der Waals surface area contributed by atoms with Crippen LogP contribution < -0.4 is 0 Å². The van der Waals surface area contributed by atoms with Gasteiger partial charge in [-0.1, -0.05) is 30.3 Å². The molecule has 19 heavy (non-hydrogen) atoms. The van der Waals surface area contributed by atoms with Crippen molar-refractivity contribution in [3.05, 3.63) is 54.1 Å². The quantitative estimate of drug-likeness (QED) is 0.503. The van der Waals surface area contributed by atoms with Crippen molar-refractivity contribution >= 4 is 32.3 Å². The first-order chi connectivity index (χ1) is 9.28. The number of aliphatic hydroxyl groups excluding tert-OH is 1. The maximum Gasteiger partial charge on any atom is 0.124 e. The van der Waals surface area contributed by atoms with Crippen molar-refractivity contribution in [2.75, 3.05) is 0 Å². The number of aromatic hydroxyl groups is 1. The molecule has 0 radical (unpaired) electrons. The van der Waals surface area contributed by atoms with Crippen molar-refractivity contribution in [3.63, 3.8) is 0 Å². The van der Waals surface area contributed by atoms with Crippen molar-refractivity contribution in [1.82, 2.24) is 0 Å². The number of rotatable bonds is 1. The Labute approximate surface area is 109 Å². The monoisotopic (exact) mass is 248 g/mol. The minimum absolute atomic E-state index is 0.0111. The average molecular weight is 248 g/mol. The number of aliphatic hydroxyl groups is 1. The van der Waals surface area contributed by atoms with Crippen LogP contribution in [0.5, 0.6) is 5.75 Å². The molecule has 0 heterocycles. The lowest BCUT2D eigenvalue weighted by molar-refractivity contribution is 0.282. The third-order valence-corrected chi connectivity index (χ3v) is 3.80. The lowest BCUT2D eigenvalue weighted by atomic mass is 9.92. The number of benzene rings is 4. The van der Waals surface area contributed by atoms with Crippen molar-refractivity contribution < 1.29 is 10.2 Å². The zero-order valence-corrected chi connectivity index (χ0v) is 10.2. The highest BCUT2D eigenvalue weighted by Gasteiger charge is 2.11. The fourth-order valence-electron chi connectivity index (χ4n) is 2.98. The van der Waals surface area contributed by atoms with Crippen LogP contribution in [0.4, 0.5) is 0 Å². The van der Waals surface area contributed by atoms with Gasteiger partial charge in [0.05, 0.1) is 6.61 Å². The van der Waals surface area contributed by atoms with E-state index in [2.05, 4.69) is 18.2 Å². The van der Waals surface area contributed by atoms with E-state index in [1.54, 1.807) is 6.07 Å². The van der Waals surface area contributed by atoms with E-state index in [0.717, 1.165) is 37.9 Å². The first kappa shape index (κ1) is 10.6. The molecule has 4 rings (SSSR count). The van der Waals surface area contributed by atoms with Crippen LogP contribution in [0, 0.1) is 0 Å². The summed E-state index contributed by atoms with van der Waals surface area (Å²) in [5.41, 5.74) is 0.866. The third-order valence-electron chi connectivity index (χ3n) is 3.80. The van der Waals surface area contributed by atoms with Crippen molar-refractivity contribution in [3.8, 4) is 5.75 Å². The molecule has 0 aliphatic rings. The fraction of sp³-hybridized carbons (Fsp3) is 0.0588. The Balaban J connectivity index is 2.37. The molecule has 0 amide bonds. The highest BCUT2D eigenvalue weighted by Crippen LogP contribution is 2.39. The topological polar surface area (TPSA) is 40.5 Å². The maximum atomic E-state index is 10.2. The van der Waals surface area contributed by atoms with E-state index in [1.165, 1.54) is 0 Å². The predicted octanol–water partition coefficient (Wildman–Crippen LogP) is 3.78. The van der Waals surface area contributed by atoms with Gasteiger partial charge in [0.15, 0.2) is 0 Å². The van der Waals surface area contributed by atoms with Crippen LogP contribution in [-0.2, 0) is 6.61 Å². The minimum atomic E-state index is 0.0111. The summed E-state index contributed by atoms with van der Waals surface area (Å²) in [6.45, 7) is 0.0111. The summed E-state index contributed by atoms with van der Waals surface area (Å²) in [6.07, 6.45) is 0. The van der Waals surface area contributed by atoms with Crippen LogP contribution in [0.3, 0.4) is 0 Å². The van der Waals surface area contributed by atoms with E-state index in [4.69, 9.17) is 0 Å². The Morgan fingerprint density at radius 2 is 1.58 bits per heavy atom. The molecule has 92 valence electrons. The van der Waals surface area contributed by atoms with Gasteiger partial charge in [-0.25, -0.2) is 0 Å². The van der Waals surface area contributed by atoms with E-state index in [0.29, 0.717) is 5.75 Å². The Hall–Kier alpha value is -2.32. The smallest absolute Gasteiger partial charge is 0.124 e. The van der Waals surface area contributed by atoms with Crippen LogP contribution >= 0.6 is 0 Å². The lowest BCUT2D eigenvalue weighted by Crippen LogP contribution is -1.88. The van der Waals surface area contributed by atoms with Gasteiger partial charge >= 0.3 is 0 Å². The molecule has 0 aliphatic heterocycles. The Kier molecular flexibility index (Phi) is 2.00. The van der Waals surface area contributed by atoms with Crippen molar-refractivity contribution in [2.45, 2.75) is 6.61 Å². The first-order valence-corrected chi connectivity index (χ1v) is 6.28. The summed E-state index contributed by atoms with van der Waals surface area (Å²) in [6, 6.07) is 15.8. The zero-order valence-electron chi connectivity index (χ0n) is 10.2. The molecule has 2 nitrogen and oxygen atoms in total. The molecule has 0 fully saturated rings. The second-order valence-electron chi connectivity index (χ2n) is 4.94. The van der Waals surface area contributed by atoms with Crippen LogP contribution in [-0.4, -0.2) is 10.2 Å². The SMILES string of the molecule is OCc1cc2ccc3cccc4c(O)cc(c1)c2c34. The molecule has 0 bridgehead atoms. The standard InChI is InChI=1S/C17H12O2/c18-9-10-6-12-5-4-11-2-1-3-14-15(19)8-13(7-10)16(12)17(11)14/h1-8,18-19H,9H2. The number of phenolic OH excluding ortho intramolecular Hbond substituents is 1. The molecule has 0 spiro atoms. The van der Waals surface area contributed by atoms with E-state index >= 15 is 0 Å². The highest BCUT2D eigenvalue weighted by molar-refractivity contribution is 6.24. The molecule has 2 heteroatoms. The van der Waals surface area contributed by atoms with Crippen molar-refractivity contribution in [1.29, 1.82) is 0 Å². The second kappa shape index (κ2) is 3.59. The van der Waals surface area contributed by atoms with Gasteiger partial charge in [-0.3, -0.25) is 0 Å². The molecule has 0 unspecified atom stereocenters. The second-order valence-corrected chi connectivity index (χ2v) is 4.94. The number of hydrogen-bond acceptors (Lipinski definition) is 2. The summed E-state index contributed by atoms with van der Waals surface area (Å²) >= 11 is 0. The summed E-state index contributed by atoms with van der Waals surface area (Å²) in [5.74, 6) is 0.292. The average Bonchev–Trinajstić information content (AvgIpc) is 2.45. The summed E-state index contributed by atoms with van der Waals surface area (Å²) in [7, 11) is 0. The van der Waals surface area contributed by atoms with Crippen molar-refractivity contribution in [2.24, 2.45) is 0 Å². The van der Waals surface area contributed by atoms with E-state index in [-0.39, 0.29) is 6.61 Å². The van der Waals surface area contributed by atoms with Gasteiger partial charge in [-0.05, 0) is 45.3 Å². The number of hydrogen-bond donors (Lipinski definition) is 2. The normalized spacial score (nSPS) is 11.8. The van der Waals surface area contributed by atoms with Gasteiger partial charge in [0.25, 0.3) is 0 Å². The predicted molar refractivity (Wildman–Crippen MR) is 77.7 cm³/mol. The molecular weight excluding hydrogens is 236 g/mol. The van der Waals surface area contributed by atoms with Crippen LogP contribution in [0.25, 0.3) is 32.3 Å². The largest absolute Gasteiger partial charge is 0.507 e. The molecule has 2 N–H and O–H groups in total. The molecule has 0 saturated carbocycles. The minimum Gasteiger partial charge on any atom is -0.507 e. The molecular formula is C17H12O2. The Morgan fingerprint density at radius 1 is 0.789 bits per heavy atom. The number of phenols is 1. The van der Waals surface area contributed by atoms with E-state index in [1.807, 2.05) is 24.3 Å². The highest BCUT2D eigenvalue weighted by atomic mass is 16.3. The molecule has 0 aromatic heterocycles. The van der Waals surface area contributed by atoms with Crippen LogP contribution in [0.1, 0.15) is 5.56 Å².